The van der Waals surface area contributed by atoms with Gasteiger partial charge in [0.2, 0.25) is 0 Å². The molecular weight excluding hydrogens is 603 g/mol. The van der Waals surface area contributed by atoms with Crippen molar-refractivity contribution in [3.05, 3.63) is 100 Å². The van der Waals surface area contributed by atoms with Crippen LogP contribution in [0, 0.1) is 17.7 Å². The van der Waals surface area contributed by atoms with Gasteiger partial charge in [0.15, 0.2) is 0 Å². The number of halogens is 1. The van der Waals surface area contributed by atoms with E-state index in [1.807, 2.05) is 36.4 Å². The van der Waals surface area contributed by atoms with Gasteiger partial charge in [-0.2, -0.15) is 0 Å². The van der Waals surface area contributed by atoms with Crippen LogP contribution in [0.15, 0.2) is 66.7 Å². The number of nitrogens with one attached hydrogen (secondary N) is 1. The van der Waals surface area contributed by atoms with E-state index < -0.39 is 42.8 Å². The largest absolute Gasteiger partial charge is 0.478 e. The molecule has 3 aromatic rings. The summed E-state index contributed by atoms with van der Waals surface area (Å²) >= 11 is 0. The molecule has 0 saturated carbocycles. The summed E-state index contributed by atoms with van der Waals surface area (Å²) in [5, 5.41) is 56.8. The van der Waals surface area contributed by atoms with Crippen molar-refractivity contribution in [3.63, 3.8) is 0 Å². The summed E-state index contributed by atoms with van der Waals surface area (Å²) in [5.74, 6) is 4.46. The Balaban J connectivity index is 0.000000500. The molecule has 0 aliphatic rings. The Morgan fingerprint density at radius 1 is 0.830 bits per heavy atom. The van der Waals surface area contributed by atoms with Gasteiger partial charge in [-0.1, -0.05) is 69.2 Å². The Morgan fingerprint density at radius 2 is 1.40 bits per heavy atom. The zero-order chi connectivity index (χ0) is 34.8. The van der Waals surface area contributed by atoms with Gasteiger partial charge in [-0.15, -0.1) is 0 Å². The van der Waals surface area contributed by atoms with E-state index in [4.69, 9.17) is 20.4 Å². The van der Waals surface area contributed by atoms with E-state index in [2.05, 4.69) is 48.0 Å². The molecule has 0 amide bonds. The monoisotopic (exact) mass is 652 g/mol. The molecule has 3 aromatic carbocycles. The third-order valence-electron chi connectivity index (χ3n) is 7.61. The summed E-state index contributed by atoms with van der Waals surface area (Å²) in [6.07, 6.45) is -0.232. The number of carbonyl (C=O) groups is 1. The molecule has 9 nitrogen and oxygen atoms in total. The number of carboxylic acids is 1. The molecule has 256 valence electrons. The minimum atomic E-state index is -1.55. The van der Waals surface area contributed by atoms with Crippen LogP contribution < -0.4 is 10.2 Å². The van der Waals surface area contributed by atoms with Crippen LogP contribution in [0.3, 0.4) is 0 Å². The fourth-order valence-electron chi connectivity index (χ4n) is 4.68. The quantitative estimate of drug-likeness (QED) is 0.0907. The fraction of sp³-hybridized carbons (Fsp3) is 0.432. The lowest BCUT2D eigenvalue weighted by molar-refractivity contribution is -0.113. The molecule has 4 atom stereocenters. The normalized spacial score (nSPS) is 13.3. The molecule has 0 aromatic heterocycles. The predicted octanol–water partition coefficient (Wildman–Crippen LogP) is 3.71. The molecular formula is C37H49FN2O7. The van der Waals surface area contributed by atoms with Crippen LogP contribution in [-0.4, -0.2) is 87.8 Å². The van der Waals surface area contributed by atoms with Crippen LogP contribution in [0.2, 0.25) is 0 Å². The SMILES string of the molecule is CCCCCCN(Cc1ccc(C#Cc2ccc(CC)cc2)cc1)c1ccc(F)c(C(=O)O)c1.CNC[C@H](O)[C@@H](O)[C@H](O)[C@H](O)CO. The molecule has 7 N–H and O–H groups in total. The van der Waals surface area contributed by atoms with Gasteiger partial charge in [-0.3, -0.25) is 0 Å². The maximum Gasteiger partial charge on any atom is 0.338 e. The number of carboxylic acid groups (broad SMARTS) is 1. The van der Waals surface area contributed by atoms with Gasteiger partial charge in [-0.25, -0.2) is 9.18 Å². The second-order valence-corrected chi connectivity index (χ2v) is 11.3. The standard InChI is InChI=1S/C30H32FNO2.C7H17NO5/c1-3-5-6-7-20-32(27-18-19-29(31)28(21-27)30(33)34)22-26-16-14-25(15-17-26)13-12-24-10-8-23(4-2)9-11-24;1-8-2-4(10)6(12)7(13)5(11)3-9/h8-11,14-19,21H,3-7,20,22H2,1-2H3,(H,33,34);4-13H,2-3H2,1H3/t;4-,5+,6+,7+/m.0/s1. The van der Waals surface area contributed by atoms with Crippen molar-refractivity contribution in [2.75, 3.05) is 31.6 Å². The Labute approximate surface area is 277 Å². The van der Waals surface area contributed by atoms with Crippen LogP contribution in [0.1, 0.15) is 72.1 Å². The zero-order valence-corrected chi connectivity index (χ0v) is 27.4. The molecule has 0 heterocycles. The number of nitrogens with zero attached hydrogens (tertiary/aromatic N) is 1. The van der Waals surface area contributed by atoms with Crippen LogP contribution >= 0.6 is 0 Å². The molecule has 10 heteroatoms. The van der Waals surface area contributed by atoms with Gasteiger partial charge in [0.25, 0.3) is 0 Å². The molecule has 0 bridgehead atoms. The van der Waals surface area contributed by atoms with Crippen molar-refractivity contribution >= 4 is 11.7 Å². The highest BCUT2D eigenvalue weighted by Gasteiger charge is 2.29. The number of unbranched alkanes of at least 4 members (excludes halogenated alkanes) is 3. The average molecular weight is 653 g/mol. The Kier molecular flexibility index (Phi) is 17.7. The van der Waals surface area contributed by atoms with E-state index >= 15 is 0 Å². The minimum absolute atomic E-state index is 0.0936. The van der Waals surface area contributed by atoms with Crippen molar-refractivity contribution in [1.82, 2.24) is 5.32 Å². The summed E-state index contributed by atoms with van der Waals surface area (Å²) in [7, 11) is 1.57. The van der Waals surface area contributed by atoms with Crippen molar-refractivity contribution < 1.29 is 39.8 Å². The van der Waals surface area contributed by atoms with Gasteiger partial charge in [0.05, 0.1) is 18.3 Å². The number of hydrogen-bond acceptors (Lipinski definition) is 8. The first-order valence-electron chi connectivity index (χ1n) is 16.0. The minimum Gasteiger partial charge on any atom is -0.478 e. The van der Waals surface area contributed by atoms with E-state index in [0.29, 0.717) is 6.54 Å². The first-order chi connectivity index (χ1) is 22.5. The maximum absolute atomic E-state index is 13.9. The Hall–Kier alpha value is -3.82. The first-order valence-corrected chi connectivity index (χ1v) is 16.0. The molecule has 0 aliphatic carbocycles. The van der Waals surface area contributed by atoms with Crippen LogP contribution in [0.4, 0.5) is 10.1 Å². The summed E-state index contributed by atoms with van der Waals surface area (Å²) in [4.78, 5) is 13.5. The van der Waals surface area contributed by atoms with Crippen LogP contribution in [0.25, 0.3) is 0 Å². The molecule has 0 radical (unpaired) electrons. The molecule has 0 unspecified atom stereocenters. The maximum atomic E-state index is 13.9. The molecule has 47 heavy (non-hydrogen) atoms. The van der Waals surface area contributed by atoms with Crippen molar-refractivity contribution in [3.8, 4) is 11.8 Å². The molecule has 0 saturated heterocycles. The number of hydrogen-bond donors (Lipinski definition) is 7. The lowest BCUT2D eigenvalue weighted by atomic mass is 10.0. The lowest BCUT2D eigenvalue weighted by Gasteiger charge is -2.25. The molecule has 0 spiro atoms. The van der Waals surface area contributed by atoms with Crippen molar-refractivity contribution in [2.24, 2.45) is 0 Å². The molecule has 0 aliphatic heterocycles. The highest BCUT2D eigenvalue weighted by Crippen LogP contribution is 2.22. The number of aliphatic hydroxyl groups is 5. The topological polar surface area (TPSA) is 154 Å². The summed E-state index contributed by atoms with van der Waals surface area (Å²) in [5.41, 5.74) is 4.74. The Bertz CT molecular complexity index is 1410. The number of likely N-dealkylation sites (N-methyl/N-ethyl adjacent to an activating group) is 1. The summed E-state index contributed by atoms with van der Waals surface area (Å²) in [6.45, 7) is 5.13. The van der Waals surface area contributed by atoms with Crippen molar-refractivity contribution in [2.45, 2.75) is 76.9 Å². The predicted molar refractivity (Wildman–Crippen MR) is 182 cm³/mol. The third-order valence-corrected chi connectivity index (χ3v) is 7.61. The van der Waals surface area contributed by atoms with Crippen LogP contribution in [-0.2, 0) is 13.0 Å². The second kappa shape index (κ2) is 21.1. The highest BCUT2D eigenvalue weighted by atomic mass is 19.1. The number of aryl methyl sites for hydroxylation is 1. The number of aromatic carboxylic acids is 1. The van der Waals surface area contributed by atoms with E-state index in [1.165, 1.54) is 17.7 Å². The number of rotatable bonds is 16. The lowest BCUT2D eigenvalue weighted by Crippen LogP contribution is -2.48. The van der Waals surface area contributed by atoms with E-state index in [1.54, 1.807) is 13.1 Å². The van der Waals surface area contributed by atoms with E-state index in [0.717, 1.165) is 61.0 Å². The first kappa shape index (κ1) is 39.4. The third kappa shape index (κ3) is 13.4. The number of anilines is 1. The average Bonchev–Trinajstić information content (AvgIpc) is 3.09. The van der Waals surface area contributed by atoms with Gasteiger partial charge < -0.3 is 40.9 Å². The van der Waals surface area contributed by atoms with Gasteiger partial charge >= 0.3 is 5.97 Å². The van der Waals surface area contributed by atoms with Crippen molar-refractivity contribution in [1.29, 1.82) is 0 Å². The summed E-state index contributed by atoms with van der Waals surface area (Å²) < 4.78 is 13.9. The molecule has 3 rings (SSSR count). The van der Waals surface area contributed by atoms with E-state index in [-0.39, 0.29) is 12.1 Å². The number of benzene rings is 3. The van der Waals surface area contributed by atoms with E-state index in [9.17, 15) is 19.4 Å². The highest BCUT2D eigenvalue weighted by molar-refractivity contribution is 5.89. The van der Waals surface area contributed by atoms with Gasteiger partial charge in [-0.05, 0) is 73.5 Å². The van der Waals surface area contributed by atoms with Crippen LogP contribution in [0.5, 0.6) is 0 Å². The fourth-order valence-corrected chi connectivity index (χ4v) is 4.68. The molecule has 0 fully saturated rings. The zero-order valence-electron chi connectivity index (χ0n) is 27.4. The van der Waals surface area contributed by atoms with Gasteiger partial charge in [0, 0.05) is 36.4 Å². The Morgan fingerprint density at radius 3 is 1.91 bits per heavy atom. The smallest absolute Gasteiger partial charge is 0.338 e. The number of aliphatic hydroxyl groups excluding tert-OH is 5. The second-order valence-electron chi connectivity index (χ2n) is 11.3. The van der Waals surface area contributed by atoms with Gasteiger partial charge in [0.1, 0.15) is 24.1 Å². The summed E-state index contributed by atoms with van der Waals surface area (Å²) in [6, 6.07) is 20.7.